The highest BCUT2D eigenvalue weighted by Crippen LogP contribution is 2.26. The summed E-state index contributed by atoms with van der Waals surface area (Å²) >= 11 is 0. The van der Waals surface area contributed by atoms with Gasteiger partial charge < -0.3 is 10.5 Å². The van der Waals surface area contributed by atoms with Gasteiger partial charge in [0.05, 0.1) is 12.3 Å². The van der Waals surface area contributed by atoms with Crippen LogP contribution in [0.25, 0.3) is 0 Å². The summed E-state index contributed by atoms with van der Waals surface area (Å²) in [6.07, 6.45) is 4.19. The number of rotatable bonds is 6. The molecular formula is C18H23N3O2. The van der Waals surface area contributed by atoms with Crippen LogP contribution in [0, 0.1) is 5.92 Å². The van der Waals surface area contributed by atoms with Crippen molar-refractivity contribution in [2.45, 2.75) is 27.2 Å². The normalized spacial score (nSPS) is 17.2. The number of hydrogen-bond acceptors (Lipinski definition) is 5. The van der Waals surface area contributed by atoms with Gasteiger partial charge in [0.1, 0.15) is 11.8 Å². The number of benzene rings is 1. The molecule has 5 nitrogen and oxygen atoms in total. The van der Waals surface area contributed by atoms with E-state index in [1.165, 1.54) is 0 Å². The Kier molecular flexibility index (Phi) is 5.57. The van der Waals surface area contributed by atoms with Gasteiger partial charge in [0.15, 0.2) is 5.78 Å². The van der Waals surface area contributed by atoms with E-state index in [4.69, 9.17) is 10.5 Å². The average molecular weight is 313 g/mol. The third-order valence-corrected chi connectivity index (χ3v) is 3.24. The highest BCUT2D eigenvalue weighted by Gasteiger charge is 2.28. The van der Waals surface area contributed by atoms with Crippen LogP contribution in [0.15, 0.2) is 59.0 Å². The van der Waals surface area contributed by atoms with E-state index in [9.17, 15) is 4.79 Å². The number of nitrogens with two attached hydrogens (primary N) is 1. The summed E-state index contributed by atoms with van der Waals surface area (Å²) in [5, 5.41) is 6.02. The second kappa shape index (κ2) is 7.63. The van der Waals surface area contributed by atoms with Crippen molar-refractivity contribution in [3.05, 3.63) is 53.9 Å². The fraction of sp³-hybridized carbons (Fsp3) is 0.333. The van der Waals surface area contributed by atoms with Crippen molar-refractivity contribution in [3.63, 3.8) is 0 Å². The Labute approximate surface area is 137 Å². The monoisotopic (exact) mass is 313 g/mol. The molecule has 0 bridgehead atoms. The highest BCUT2D eigenvalue weighted by molar-refractivity contribution is 6.10. The van der Waals surface area contributed by atoms with Crippen LogP contribution in [-0.4, -0.2) is 18.2 Å². The maximum absolute atomic E-state index is 12.3. The van der Waals surface area contributed by atoms with E-state index in [0.717, 1.165) is 17.7 Å². The van der Waals surface area contributed by atoms with E-state index in [1.807, 2.05) is 51.1 Å². The maximum atomic E-state index is 12.3. The topological polar surface area (TPSA) is 67.9 Å². The van der Waals surface area contributed by atoms with Crippen LogP contribution in [0.2, 0.25) is 0 Å². The van der Waals surface area contributed by atoms with Gasteiger partial charge in [-0.05, 0) is 44.6 Å². The number of para-hydroxylation sites is 1. The van der Waals surface area contributed by atoms with Crippen molar-refractivity contribution >= 4 is 17.3 Å². The summed E-state index contributed by atoms with van der Waals surface area (Å²) in [6.45, 7) is 6.33. The van der Waals surface area contributed by atoms with Gasteiger partial charge in [-0.25, -0.2) is 0 Å². The van der Waals surface area contributed by atoms with Crippen LogP contribution < -0.4 is 10.7 Å². The molecule has 0 aliphatic carbocycles. The fourth-order valence-electron chi connectivity index (χ4n) is 2.20. The molecule has 1 aliphatic heterocycles. The smallest absolute Gasteiger partial charge is 0.212 e. The molecule has 1 atom stereocenters. The van der Waals surface area contributed by atoms with Crippen molar-refractivity contribution in [3.8, 4) is 0 Å². The van der Waals surface area contributed by atoms with Crippen molar-refractivity contribution in [1.29, 1.82) is 0 Å². The van der Waals surface area contributed by atoms with Crippen molar-refractivity contribution in [2.24, 2.45) is 16.8 Å². The van der Waals surface area contributed by atoms with Crippen molar-refractivity contribution in [2.75, 3.05) is 11.6 Å². The SMILES string of the molecule is CCCOC1=CC(C(=O)C=C(C)C)C(N)=NN1c1ccccc1. The number of carbonyl (C=O) groups excluding carboxylic acids is 1. The summed E-state index contributed by atoms with van der Waals surface area (Å²) in [6, 6.07) is 9.59. The Morgan fingerprint density at radius 2 is 2.04 bits per heavy atom. The maximum Gasteiger partial charge on any atom is 0.212 e. The predicted octanol–water partition coefficient (Wildman–Crippen LogP) is 3.20. The molecule has 1 aliphatic rings. The van der Waals surface area contributed by atoms with Crippen molar-refractivity contribution in [1.82, 2.24) is 0 Å². The number of ketones is 1. The third kappa shape index (κ3) is 4.22. The molecule has 1 aromatic rings. The summed E-state index contributed by atoms with van der Waals surface area (Å²) in [5.74, 6) is 0.126. The minimum atomic E-state index is -0.586. The molecule has 0 spiro atoms. The molecule has 1 heterocycles. The number of carbonyl (C=O) groups is 1. The van der Waals surface area contributed by atoms with Gasteiger partial charge in [0.25, 0.3) is 0 Å². The minimum Gasteiger partial charge on any atom is -0.478 e. The van der Waals surface area contributed by atoms with Gasteiger partial charge in [-0.2, -0.15) is 10.1 Å². The summed E-state index contributed by atoms with van der Waals surface area (Å²) in [4.78, 5) is 12.3. The first kappa shape index (κ1) is 16.8. The zero-order valence-corrected chi connectivity index (χ0v) is 13.8. The van der Waals surface area contributed by atoms with Gasteiger partial charge in [0, 0.05) is 0 Å². The molecule has 1 aromatic carbocycles. The van der Waals surface area contributed by atoms with Gasteiger partial charge in [-0.1, -0.05) is 30.7 Å². The zero-order valence-electron chi connectivity index (χ0n) is 13.8. The molecule has 0 amide bonds. The molecule has 0 radical (unpaired) electrons. The summed E-state index contributed by atoms with van der Waals surface area (Å²) < 4.78 is 5.78. The van der Waals surface area contributed by atoms with Gasteiger partial charge in [0.2, 0.25) is 5.88 Å². The predicted molar refractivity (Wildman–Crippen MR) is 92.8 cm³/mol. The lowest BCUT2D eigenvalue weighted by atomic mass is 10.00. The molecule has 122 valence electrons. The van der Waals surface area contributed by atoms with Crippen molar-refractivity contribution < 1.29 is 9.53 Å². The first-order valence-corrected chi connectivity index (χ1v) is 7.75. The average Bonchev–Trinajstić information content (AvgIpc) is 2.53. The number of hydrogen-bond donors (Lipinski definition) is 1. The fourth-order valence-corrected chi connectivity index (χ4v) is 2.20. The lowest BCUT2D eigenvalue weighted by molar-refractivity contribution is -0.115. The first-order chi connectivity index (χ1) is 11.0. The number of allylic oxidation sites excluding steroid dienone is 2. The zero-order chi connectivity index (χ0) is 16.8. The Morgan fingerprint density at radius 3 is 2.65 bits per heavy atom. The van der Waals surface area contributed by atoms with Gasteiger partial charge in [-0.15, -0.1) is 0 Å². The number of anilines is 1. The number of nitrogens with zero attached hydrogens (tertiary/aromatic N) is 2. The summed E-state index contributed by atoms with van der Waals surface area (Å²) in [5.41, 5.74) is 7.80. The second-order valence-corrected chi connectivity index (χ2v) is 5.63. The lowest BCUT2D eigenvalue weighted by Crippen LogP contribution is -2.37. The number of amidine groups is 1. The van der Waals surface area contributed by atoms with E-state index in [1.54, 1.807) is 17.2 Å². The van der Waals surface area contributed by atoms with Crippen LogP contribution in [0.1, 0.15) is 27.2 Å². The largest absolute Gasteiger partial charge is 0.478 e. The molecule has 0 fully saturated rings. The highest BCUT2D eigenvalue weighted by atomic mass is 16.5. The Bertz CT molecular complexity index is 643. The van der Waals surface area contributed by atoms with E-state index in [0.29, 0.717) is 12.5 Å². The molecule has 2 N–H and O–H groups in total. The molecule has 5 heteroatoms. The van der Waals surface area contributed by atoms with Crippen LogP contribution in [-0.2, 0) is 9.53 Å². The van der Waals surface area contributed by atoms with E-state index >= 15 is 0 Å². The molecule has 0 saturated heterocycles. The summed E-state index contributed by atoms with van der Waals surface area (Å²) in [7, 11) is 0. The van der Waals surface area contributed by atoms with E-state index in [-0.39, 0.29) is 11.6 Å². The van der Waals surface area contributed by atoms with Gasteiger partial charge >= 0.3 is 0 Å². The molecule has 2 rings (SSSR count). The standard InChI is InChI=1S/C18H23N3O2/c1-4-10-23-17-12-15(16(22)11-13(2)3)18(19)20-21(17)14-8-6-5-7-9-14/h5-9,11-12,15H,4,10H2,1-3H3,(H2,19,20). The Morgan fingerprint density at radius 1 is 1.35 bits per heavy atom. The van der Waals surface area contributed by atoms with E-state index < -0.39 is 5.92 Å². The molecule has 23 heavy (non-hydrogen) atoms. The van der Waals surface area contributed by atoms with Crippen LogP contribution in [0.5, 0.6) is 0 Å². The third-order valence-electron chi connectivity index (χ3n) is 3.24. The molecule has 0 saturated carbocycles. The van der Waals surface area contributed by atoms with Crippen LogP contribution >= 0.6 is 0 Å². The molecular weight excluding hydrogens is 290 g/mol. The molecule has 0 aromatic heterocycles. The van der Waals surface area contributed by atoms with E-state index in [2.05, 4.69) is 5.10 Å². The number of hydrazone groups is 1. The lowest BCUT2D eigenvalue weighted by Gasteiger charge is -2.28. The Balaban J connectivity index is 2.35. The molecule has 1 unspecified atom stereocenters. The Hall–Kier alpha value is -2.56. The van der Waals surface area contributed by atoms with Crippen LogP contribution in [0.4, 0.5) is 5.69 Å². The van der Waals surface area contributed by atoms with Crippen LogP contribution in [0.3, 0.4) is 0 Å². The second-order valence-electron chi connectivity index (χ2n) is 5.63. The quantitative estimate of drug-likeness (QED) is 0.819. The first-order valence-electron chi connectivity index (χ1n) is 7.75. The minimum absolute atomic E-state index is 0.0865. The number of ether oxygens (including phenoxy) is 1. The van der Waals surface area contributed by atoms with Gasteiger partial charge in [-0.3, -0.25) is 4.79 Å².